The van der Waals surface area contributed by atoms with Gasteiger partial charge in [0.2, 0.25) is 0 Å². The molecule has 0 radical (unpaired) electrons. The van der Waals surface area contributed by atoms with Crippen LogP contribution in [-0.2, 0) is 24.7 Å². The summed E-state index contributed by atoms with van der Waals surface area (Å²) in [5.41, 5.74) is 15.8. The lowest BCUT2D eigenvalue weighted by Crippen LogP contribution is -2.35. The van der Waals surface area contributed by atoms with E-state index in [1.54, 1.807) is 33.4 Å². The zero-order chi connectivity index (χ0) is 23.4. The third kappa shape index (κ3) is 3.49. The summed E-state index contributed by atoms with van der Waals surface area (Å²) in [5, 5.41) is 0. The smallest absolute Gasteiger partial charge is 0.0183 e. The highest BCUT2D eigenvalue weighted by Crippen LogP contribution is 2.58. The molecule has 0 heterocycles. The van der Waals surface area contributed by atoms with Crippen molar-refractivity contribution in [2.24, 2.45) is 5.41 Å². The molecule has 2 aromatic rings. The van der Waals surface area contributed by atoms with Crippen molar-refractivity contribution in [1.29, 1.82) is 0 Å². The van der Waals surface area contributed by atoms with Gasteiger partial charge in [-0.15, -0.1) is 0 Å². The van der Waals surface area contributed by atoms with Gasteiger partial charge >= 0.3 is 0 Å². The molecule has 1 atom stereocenters. The Balaban J connectivity index is 1.63. The van der Waals surface area contributed by atoms with Crippen LogP contribution < -0.4 is 0 Å². The Morgan fingerprint density at radius 3 is 2.03 bits per heavy atom. The van der Waals surface area contributed by atoms with Crippen LogP contribution in [0.25, 0.3) is 6.08 Å². The van der Waals surface area contributed by atoms with Crippen LogP contribution in [0.15, 0.2) is 70.3 Å². The Morgan fingerprint density at radius 1 is 0.788 bits per heavy atom. The van der Waals surface area contributed by atoms with Crippen molar-refractivity contribution in [3.8, 4) is 0 Å². The van der Waals surface area contributed by atoms with Gasteiger partial charge < -0.3 is 0 Å². The summed E-state index contributed by atoms with van der Waals surface area (Å²) < 4.78 is 0. The molecule has 0 heteroatoms. The Morgan fingerprint density at radius 2 is 1.39 bits per heavy atom. The van der Waals surface area contributed by atoms with Gasteiger partial charge in [0.15, 0.2) is 0 Å². The van der Waals surface area contributed by atoms with Crippen molar-refractivity contribution in [3.05, 3.63) is 98.1 Å². The second-order valence-electron chi connectivity index (χ2n) is 11.3. The molecule has 0 bridgehead atoms. The fourth-order valence-electron chi connectivity index (χ4n) is 7.12. The molecule has 0 N–H and O–H groups in total. The van der Waals surface area contributed by atoms with Crippen LogP contribution in [0.4, 0.5) is 0 Å². The van der Waals surface area contributed by atoms with Gasteiger partial charge in [-0.25, -0.2) is 0 Å². The van der Waals surface area contributed by atoms with E-state index in [1.807, 2.05) is 0 Å². The minimum Gasteiger partial charge on any atom is -0.0622 e. The molecule has 0 aliphatic heterocycles. The van der Waals surface area contributed by atoms with Crippen LogP contribution in [0.2, 0.25) is 0 Å². The molecule has 0 saturated heterocycles. The highest BCUT2D eigenvalue weighted by atomic mass is 14.5. The van der Waals surface area contributed by atoms with Crippen LogP contribution >= 0.6 is 0 Å². The molecule has 0 spiro atoms. The number of benzene rings is 2. The predicted molar refractivity (Wildman–Crippen MR) is 143 cm³/mol. The van der Waals surface area contributed by atoms with Gasteiger partial charge in [-0.1, -0.05) is 72.2 Å². The standard InChI is InChI=1S/C33H40/c1-22-18-30-19-28-14-10-11-15-29(28)20-31(30)33(22,17-16-27-12-8-7-9-13-27)21-32(6)25(4)23(2)24(3)26(32)5/h7-9,12-13,18-20H,10-11,14-17,21H2,1-6H3. The third-order valence-electron chi connectivity index (χ3n) is 9.84. The van der Waals surface area contributed by atoms with Gasteiger partial charge in [-0.05, 0) is 119 Å². The van der Waals surface area contributed by atoms with E-state index in [4.69, 9.17) is 0 Å². The van der Waals surface area contributed by atoms with Crippen LogP contribution in [0.5, 0.6) is 0 Å². The van der Waals surface area contributed by atoms with Gasteiger partial charge in [0.1, 0.15) is 0 Å². The first-order chi connectivity index (χ1) is 15.8. The van der Waals surface area contributed by atoms with E-state index in [0.717, 1.165) is 6.42 Å². The van der Waals surface area contributed by atoms with E-state index in [-0.39, 0.29) is 10.8 Å². The molecule has 33 heavy (non-hydrogen) atoms. The van der Waals surface area contributed by atoms with Crippen molar-refractivity contribution in [2.45, 2.75) is 91.9 Å². The maximum atomic E-state index is 2.64. The van der Waals surface area contributed by atoms with E-state index < -0.39 is 0 Å². The average molecular weight is 437 g/mol. The highest BCUT2D eigenvalue weighted by Gasteiger charge is 2.48. The maximum absolute atomic E-state index is 2.64. The Kier molecular flexibility index (Phi) is 5.55. The molecule has 0 saturated carbocycles. The van der Waals surface area contributed by atoms with Gasteiger partial charge in [-0.2, -0.15) is 0 Å². The Labute approximate surface area is 201 Å². The van der Waals surface area contributed by atoms with Crippen molar-refractivity contribution in [2.75, 3.05) is 0 Å². The number of hydrogen-bond donors (Lipinski definition) is 0. The molecule has 0 nitrogen and oxygen atoms in total. The number of aryl methyl sites for hydroxylation is 3. The first-order valence-electron chi connectivity index (χ1n) is 13.0. The lowest BCUT2D eigenvalue weighted by atomic mass is 9.61. The largest absolute Gasteiger partial charge is 0.0622 e. The molecule has 0 amide bonds. The minimum atomic E-state index is 0.0970. The SMILES string of the molecule is CC1=Cc2cc3c(cc2C1(CCc1ccccc1)CC1(C)C(C)=C(C)C(C)=C1C)CCCC3. The molecule has 0 aromatic heterocycles. The summed E-state index contributed by atoms with van der Waals surface area (Å²) >= 11 is 0. The zero-order valence-corrected chi connectivity index (χ0v) is 21.6. The second kappa shape index (κ2) is 8.15. The molecule has 1 unspecified atom stereocenters. The normalized spacial score (nSPS) is 23.6. The molecule has 172 valence electrons. The zero-order valence-electron chi connectivity index (χ0n) is 21.6. The summed E-state index contributed by atoms with van der Waals surface area (Å²) in [6.45, 7) is 14.4. The number of fused-ring (bicyclic) bond motifs is 2. The van der Waals surface area contributed by atoms with Crippen molar-refractivity contribution >= 4 is 6.08 Å². The van der Waals surface area contributed by atoms with E-state index in [0.29, 0.717) is 0 Å². The van der Waals surface area contributed by atoms with E-state index in [9.17, 15) is 0 Å². The molecule has 3 aliphatic rings. The summed E-state index contributed by atoms with van der Waals surface area (Å²) in [5.74, 6) is 0. The summed E-state index contributed by atoms with van der Waals surface area (Å²) in [6, 6.07) is 16.3. The summed E-state index contributed by atoms with van der Waals surface area (Å²) in [4.78, 5) is 0. The molecule has 2 aromatic carbocycles. The Bertz CT molecular complexity index is 1160. The van der Waals surface area contributed by atoms with Crippen LogP contribution in [0.1, 0.15) is 95.0 Å². The van der Waals surface area contributed by atoms with E-state index in [1.165, 1.54) is 60.8 Å². The quantitative estimate of drug-likeness (QED) is 0.439. The van der Waals surface area contributed by atoms with Gasteiger partial charge in [-0.3, -0.25) is 0 Å². The molecular formula is C33H40. The average Bonchev–Trinajstić information content (AvgIpc) is 3.16. The topological polar surface area (TPSA) is 0 Å². The highest BCUT2D eigenvalue weighted by molar-refractivity contribution is 5.71. The first-order valence-corrected chi connectivity index (χ1v) is 13.0. The monoisotopic (exact) mass is 436 g/mol. The predicted octanol–water partition coefficient (Wildman–Crippen LogP) is 8.94. The van der Waals surface area contributed by atoms with Gasteiger partial charge in [0.25, 0.3) is 0 Å². The van der Waals surface area contributed by atoms with Gasteiger partial charge in [0, 0.05) is 10.8 Å². The van der Waals surface area contributed by atoms with Crippen molar-refractivity contribution in [3.63, 3.8) is 0 Å². The number of rotatable bonds is 5. The number of hydrogen-bond acceptors (Lipinski definition) is 0. The fraction of sp³-hybridized carbons (Fsp3) is 0.455. The van der Waals surface area contributed by atoms with Crippen LogP contribution in [0.3, 0.4) is 0 Å². The summed E-state index contributed by atoms with van der Waals surface area (Å²) in [6.07, 6.45) is 11.2. The lowest BCUT2D eigenvalue weighted by molar-refractivity contribution is 0.310. The number of allylic oxidation sites excluding steroid dienone is 5. The van der Waals surface area contributed by atoms with Crippen LogP contribution in [0, 0.1) is 5.41 Å². The maximum Gasteiger partial charge on any atom is 0.0183 e. The minimum absolute atomic E-state index is 0.0970. The van der Waals surface area contributed by atoms with Crippen molar-refractivity contribution in [1.82, 2.24) is 0 Å². The molecule has 3 aliphatic carbocycles. The first kappa shape index (κ1) is 22.5. The fourth-order valence-corrected chi connectivity index (χ4v) is 7.12. The lowest BCUT2D eigenvalue weighted by Gasteiger charge is -2.42. The second-order valence-corrected chi connectivity index (χ2v) is 11.3. The van der Waals surface area contributed by atoms with E-state index >= 15 is 0 Å². The molecule has 0 fully saturated rings. The van der Waals surface area contributed by atoms with Gasteiger partial charge in [0.05, 0.1) is 0 Å². The third-order valence-corrected chi connectivity index (χ3v) is 9.84. The van der Waals surface area contributed by atoms with E-state index in [2.05, 4.69) is 90.1 Å². The summed E-state index contributed by atoms with van der Waals surface area (Å²) in [7, 11) is 0. The van der Waals surface area contributed by atoms with Crippen molar-refractivity contribution < 1.29 is 0 Å². The van der Waals surface area contributed by atoms with Crippen LogP contribution in [-0.4, -0.2) is 0 Å². The molecular weight excluding hydrogens is 396 g/mol. The Hall–Kier alpha value is -2.34. The molecule has 5 rings (SSSR count).